The first-order valence-electron chi connectivity index (χ1n) is 9.65. The molecule has 8 nitrogen and oxygen atoms in total. The first kappa shape index (κ1) is 21.0. The molecule has 1 aromatic heterocycles. The lowest BCUT2D eigenvalue weighted by atomic mass is 10.1. The van der Waals surface area contributed by atoms with E-state index in [0.29, 0.717) is 18.1 Å². The zero-order chi connectivity index (χ0) is 21.2. The third-order valence-electron chi connectivity index (χ3n) is 4.58. The van der Waals surface area contributed by atoms with Crippen LogP contribution in [0.3, 0.4) is 0 Å². The van der Waals surface area contributed by atoms with Crippen LogP contribution in [0.5, 0.6) is 0 Å². The molecular weight excluding hydrogens is 388 g/mol. The highest BCUT2D eigenvalue weighted by Gasteiger charge is 2.35. The number of carbonyl (C=O) groups is 2. The van der Waals surface area contributed by atoms with Crippen molar-refractivity contribution in [3.63, 3.8) is 0 Å². The van der Waals surface area contributed by atoms with Gasteiger partial charge >= 0.3 is 6.03 Å². The fraction of sp³-hybridized carbons (Fsp3) is 0.500. The Kier molecular flexibility index (Phi) is 6.07. The van der Waals surface area contributed by atoms with Gasteiger partial charge in [0.1, 0.15) is 11.0 Å². The molecule has 2 N–H and O–H groups in total. The number of hydrogen-bond donors (Lipinski definition) is 2. The first-order valence-corrected chi connectivity index (χ1v) is 10.5. The number of benzene rings is 1. The van der Waals surface area contributed by atoms with Crippen LogP contribution in [0.1, 0.15) is 33.6 Å². The van der Waals surface area contributed by atoms with Crippen LogP contribution in [0.15, 0.2) is 24.3 Å². The Hall–Kier alpha value is -2.68. The van der Waals surface area contributed by atoms with Crippen molar-refractivity contribution in [3.05, 3.63) is 24.3 Å². The van der Waals surface area contributed by atoms with Crippen LogP contribution >= 0.6 is 11.3 Å². The van der Waals surface area contributed by atoms with Crippen molar-refractivity contribution in [1.82, 2.24) is 20.4 Å². The lowest BCUT2D eigenvalue weighted by Gasteiger charge is -2.28. The standard InChI is InChI=1S/C20H28N6O2S/c1-20(2,3)22-19(28)26-12-6-7-15(26)16(27)21-18-24-23-17(29-18)13-8-10-14(11-9-13)25(4)5/h8-11,15H,6-7,12H2,1-5H3,(H,22,28)(H,21,24,27)/t15-/m0/s1. The third kappa shape index (κ3) is 5.23. The Bertz CT molecular complexity index is 872. The zero-order valence-electron chi connectivity index (χ0n) is 17.5. The van der Waals surface area contributed by atoms with Gasteiger partial charge in [0.15, 0.2) is 0 Å². The van der Waals surface area contributed by atoms with E-state index in [1.54, 1.807) is 4.90 Å². The van der Waals surface area contributed by atoms with Gasteiger partial charge in [-0.3, -0.25) is 10.1 Å². The Balaban J connectivity index is 1.66. The zero-order valence-corrected chi connectivity index (χ0v) is 18.3. The molecule has 0 aliphatic carbocycles. The summed E-state index contributed by atoms with van der Waals surface area (Å²) in [5.74, 6) is -0.225. The second kappa shape index (κ2) is 8.36. The number of urea groups is 1. The molecule has 0 unspecified atom stereocenters. The molecule has 0 spiro atoms. The van der Waals surface area contributed by atoms with Crippen LogP contribution in [-0.2, 0) is 4.79 Å². The Morgan fingerprint density at radius 2 is 1.86 bits per heavy atom. The number of nitrogens with one attached hydrogen (secondary N) is 2. The van der Waals surface area contributed by atoms with Gasteiger partial charge in [-0.2, -0.15) is 0 Å². The predicted molar refractivity (Wildman–Crippen MR) is 116 cm³/mol. The van der Waals surface area contributed by atoms with Crippen molar-refractivity contribution < 1.29 is 9.59 Å². The maximum absolute atomic E-state index is 12.8. The van der Waals surface area contributed by atoms with Crippen molar-refractivity contribution in [1.29, 1.82) is 0 Å². The molecule has 29 heavy (non-hydrogen) atoms. The van der Waals surface area contributed by atoms with E-state index in [1.165, 1.54) is 11.3 Å². The van der Waals surface area contributed by atoms with Gasteiger partial charge in [0.25, 0.3) is 0 Å². The largest absolute Gasteiger partial charge is 0.378 e. The lowest BCUT2D eigenvalue weighted by molar-refractivity contribution is -0.119. The monoisotopic (exact) mass is 416 g/mol. The van der Waals surface area contributed by atoms with E-state index in [2.05, 4.69) is 20.8 Å². The Labute approximate surface area is 175 Å². The highest BCUT2D eigenvalue weighted by atomic mass is 32.1. The number of aromatic nitrogens is 2. The number of hydrogen-bond acceptors (Lipinski definition) is 6. The number of nitrogens with zero attached hydrogens (tertiary/aromatic N) is 4. The molecule has 9 heteroatoms. The van der Waals surface area contributed by atoms with Gasteiger partial charge in [0.2, 0.25) is 11.0 Å². The van der Waals surface area contributed by atoms with Gasteiger partial charge in [0.05, 0.1) is 0 Å². The van der Waals surface area contributed by atoms with E-state index in [0.717, 1.165) is 22.7 Å². The molecule has 1 saturated heterocycles. The Morgan fingerprint density at radius 3 is 2.48 bits per heavy atom. The molecule has 3 amide bonds. The molecule has 0 bridgehead atoms. The van der Waals surface area contributed by atoms with Gasteiger partial charge in [-0.05, 0) is 57.9 Å². The molecule has 0 saturated carbocycles. The van der Waals surface area contributed by atoms with Crippen LogP contribution in [0, 0.1) is 0 Å². The summed E-state index contributed by atoms with van der Waals surface area (Å²) in [5, 5.41) is 15.2. The number of rotatable bonds is 4. The van der Waals surface area contributed by atoms with E-state index < -0.39 is 6.04 Å². The van der Waals surface area contributed by atoms with Gasteiger partial charge in [-0.15, -0.1) is 10.2 Å². The summed E-state index contributed by atoms with van der Waals surface area (Å²) in [6, 6.07) is 7.28. The predicted octanol–water partition coefficient (Wildman–Crippen LogP) is 3.18. The van der Waals surface area contributed by atoms with Crippen LogP contribution < -0.4 is 15.5 Å². The molecule has 1 atom stereocenters. The molecule has 2 aromatic rings. The molecule has 1 aromatic carbocycles. The van der Waals surface area contributed by atoms with Crippen LogP contribution in [0.25, 0.3) is 10.6 Å². The van der Waals surface area contributed by atoms with Crippen molar-refractivity contribution in [3.8, 4) is 10.6 Å². The molecule has 0 radical (unpaired) electrons. The summed E-state index contributed by atoms with van der Waals surface area (Å²) in [4.78, 5) is 28.9. The number of amides is 3. The first-order chi connectivity index (χ1) is 13.6. The summed E-state index contributed by atoms with van der Waals surface area (Å²) in [6.45, 7) is 6.33. The summed E-state index contributed by atoms with van der Waals surface area (Å²) in [7, 11) is 3.98. The van der Waals surface area contributed by atoms with Gasteiger partial charge < -0.3 is 15.1 Å². The summed E-state index contributed by atoms with van der Waals surface area (Å²) in [6.07, 6.45) is 1.44. The topological polar surface area (TPSA) is 90.5 Å². The SMILES string of the molecule is CN(C)c1ccc(-c2nnc(NC(=O)[C@@H]3CCCN3C(=O)NC(C)(C)C)s2)cc1. The minimum absolute atomic E-state index is 0.214. The summed E-state index contributed by atoms with van der Waals surface area (Å²) >= 11 is 1.32. The lowest BCUT2D eigenvalue weighted by Crippen LogP contribution is -2.52. The molecular formula is C20H28N6O2S. The molecule has 156 valence electrons. The van der Waals surface area contributed by atoms with Crippen molar-refractivity contribution >= 4 is 34.1 Å². The van der Waals surface area contributed by atoms with E-state index in [-0.39, 0.29) is 17.5 Å². The minimum Gasteiger partial charge on any atom is -0.378 e. The molecule has 1 aliphatic heterocycles. The fourth-order valence-corrected chi connectivity index (χ4v) is 3.91. The minimum atomic E-state index is -0.496. The van der Waals surface area contributed by atoms with E-state index in [9.17, 15) is 9.59 Å². The van der Waals surface area contributed by atoms with Crippen molar-refractivity contribution in [2.75, 3.05) is 30.9 Å². The van der Waals surface area contributed by atoms with Gasteiger partial charge in [-0.1, -0.05) is 11.3 Å². The van der Waals surface area contributed by atoms with Crippen molar-refractivity contribution in [2.24, 2.45) is 0 Å². The number of anilines is 2. The average molecular weight is 417 g/mol. The number of carbonyl (C=O) groups excluding carboxylic acids is 2. The van der Waals surface area contributed by atoms with Gasteiger partial charge in [-0.25, -0.2) is 4.79 Å². The van der Waals surface area contributed by atoms with E-state index in [1.807, 2.05) is 64.0 Å². The highest BCUT2D eigenvalue weighted by molar-refractivity contribution is 7.18. The maximum atomic E-state index is 12.8. The molecule has 1 fully saturated rings. The fourth-order valence-electron chi connectivity index (χ4n) is 3.16. The van der Waals surface area contributed by atoms with Crippen molar-refractivity contribution in [2.45, 2.75) is 45.2 Å². The normalized spacial score (nSPS) is 16.6. The smallest absolute Gasteiger partial charge is 0.318 e. The third-order valence-corrected chi connectivity index (χ3v) is 5.47. The summed E-state index contributed by atoms with van der Waals surface area (Å²) < 4.78 is 0. The van der Waals surface area contributed by atoms with Crippen LogP contribution in [-0.4, -0.2) is 59.3 Å². The van der Waals surface area contributed by atoms with Gasteiger partial charge in [0, 0.05) is 37.4 Å². The van der Waals surface area contributed by atoms with E-state index >= 15 is 0 Å². The quantitative estimate of drug-likeness (QED) is 0.799. The molecule has 1 aliphatic rings. The Morgan fingerprint density at radius 1 is 1.17 bits per heavy atom. The number of likely N-dealkylation sites (tertiary alicyclic amines) is 1. The second-order valence-corrected chi connectivity index (χ2v) is 9.35. The highest BCUT2D eigenvalue weighted by Crippen LogP contribution is 2.28. The average Bonchev–Trinajstić information content (AvgIpc) is 3.30. The molecule has 2 heterocycles. The van der Waals surface area contributed by atoms with Crippen LogP contribution in [0.4, 0.5) is 15.6 Å². The summed E-state index contributed by atoms with van der Waals surface area (Å²) in [5.41, 5.74) is 1.69. The second-order valence-electron chi connectivity index (χ2n) is 8.37. The van der Waals surface area contributed by atoms with Crippen LogP contribution in [0.2, 0.25) is 0 Å². The maximum Gasteiger partial charge on any atom is 0.318 e. The van der Waals surface area contributed by atoms with E-state index in [4.69, 9.17) is 0 Å². The molecule has 3 rings (SSSR count).